The topological polar surface area (TPSA) is 43.4 Å². The van der Waals surface area contributed by atoms with E-state index in [0.29, 0.717) is 18.4 Å². The van der Waals surface area contributed by atoms with Gasteiger partial charge in [0, 0.05) is 5.56 Å². The number of aryl methyl sites for hydroxylation is 2. The normalized spacial score (nSPS) is 13.7. The molecule has 0 saturated heterocycles. The molecule has 0 heterocycles. The van der Waals surface area contributed by atoms with Crippen LogP contribution < -0.4 is 0 Å². The Morgan fingerprint density at radius 3 is 2.00 bits per heavy atom. The molecule has 0 fully saturated rings. The van der Waals surface area contributed by atoms with Crippen LogP contribution in [0.5, 0.6) is 0 Å². The molecule has 138 valence electrons. The van der Waals surface area contributed by atoms with E-state index < -0.39 is 17.0 Å². The number of hydrogen-bond donors (Lipinski definition) is 0. The third-order valence-corrected chi connectivity index (χ3v) is 4.42. The number of benzene rings is 2. The predicted molar refractivity (Wildman–Crippen MR) is 104 cm³/mol. The van der Waals surface area contributed by atoms with Crippen LogP contribution in [-0.2, 0) is 16.0 Å². The molecule has 3 nitrogen and oxygen atoms in total. The van der Waals surface area contributed by atoms with Gasteiger partial charge in [0.05, 0.1) is 0 Å². The second-order valence-corrected chi connectivity index (χ2v) is 8.01. The quantitative estimate of drug-likeness (QED) is 0.410. The summed E-state index contributed by atoms with van der Waals surface area (Å²) in [5.41, 5.74) is 0.957. The predicted octanol–water partition coefficient (Wildman–Crippen LogP) is 5.16. The fourth-order valence-corrected chi connectivity index (χ4v) is 2.76. The van der Waals surface area contributed by atoms with E-state index in [1.165, 1.54) is 5.56 Å². The zero-order valence-corrected chi connectivity index (χ0v) is 16.3. The largest absolute Gasteiger partial charge is 0.459 e. The van der Waals surface area contributed by atoms with Gasteiger partial charge < -0.3 is 4.74 Å². The molecule has 0 radical (unpaired) electrons. The number of carbonyl (C=O) groups excluding carboxylic acids is 2. The van der Waals surface area contributed by atoms with E-state index in [1.807, 2.05) is 70.2 Å². The van der Waals surface area contributed by atoms with Crippen molar-refractivity contribution >= 4 is 11.8 Å². The van der Waals surface area contributed by atoms with E-state index in [4.69, 9.17) is 4.74 Å². The lowest BCUT2D eigenvalue weighted by atomic mass is 9.77. The number of hydrogen-bond acceptors (Lipinski definition) is 3. The van der Waals surface area contributed by atoms with Gasteiger partial charge in [0.25, 0.3) is 0 Å². The van der Waals surface area contributed by atoms with Crippen molar-refractivity contribution in [3.8, 4) is 0 Å². The summed E-state index contributed by atoms with van der Waals surface area (Å²) in [7, 11) is 0. The number of rotatable bonds is 6. The lowest BCUT2D eigenvalue weighted by Gasteiger charge is -2.30. The average Bonchev–Trinajstić information content (AvgIpc) is 2.59. The van der Waals surface area contributed by atoms with E-state index in [9.17, 15) is 9.59 Å². The van der Waals surface area contributed by atoms with E-state index in [0.717, 1.165) is 5.56 Å². The summed E-state index contributed by atoms with van der Waals surface area (Å²) in [5, 5.41) is 0. The zero-order valence-electron chi connectivity index (χ0n) is 16.3. The highest BCUT2D eigenvalue weighted by Crippen LogP contribution is 2.32. The first kappa shape index (κ1) is 19.9. The van der Waals surface area contributed by atoms with Gasteiger partial charge in [-0.3, -0.25) is 9.59 Å². The molecule has 0 aliphatic rings. The number of Topliss-reactive ketones (excluding diaryl/α,β-unsaturated/α-hetero) is 1. The molecule has 2 aromatic rings. The molecular weight excluding hydrogens is 324 g/mol. The number of ketones is 1. The summed E-state index contributed by atoms with van der Waals surface area (Å²) < 4.78 is 5.59. The van der Waals surface area contributed by atoms with Crippen molar-refractivity contribution in [2.24, 2.45) is 5.41 Å². The Balaban J connectivity index is 2.29. The van der Waals surface area contributed by atoms with Crippen molar-refractivity contribution in [2.75, 3.05) is 0 Å². The molecular formula is C23H28O3. The first-order chi connectivity index (χ1) is 12.1. The first-order valence-corrected chi connectivity index (χ1v) is 9.01. The molecule has 0 amide bonds. The Hall–Kier alpha value is -2.42. The molecule has 0 bridgehead atoms. The standard InChI is InChI=1S/C23H28O3/c1-17-11-13-18(14-12-17)15-16-23(5,21(25)26-22(2,3)4)20(24)19-9-7-6-8-10-19/h6-14H,15-16H2,1-5H3. The molecule has 0 saturated carbocycles. The summed E-state index contributed by atoms with van der Waals surface area (Å²) in [6.45, 7) is 9.19. The van der Waals surface area contributed by atoms with Crippen molar-refractivity contribution in [3.63, 3.8) is 0 Å². The molecule has 0 spiro atoms. The molecule has 3 heteroatoms. The SMILES string of the molecule is Cc1ccc(CCC(C)(C(=O)OC(C)(C)C)C(=O)c2ccccc2)cc1. The third-order valence-electron chi connectivity index (χ3n) is 4.42. The number of carbonyl (C=O) groups is 2. The second-order valence-electron chi connectivity index (χ2n) is 8.01. The molecule has 2 rings (SSSR count). The lowest BCUT2D eigenvalue weighted by molar-refractivity contribution is -0.163. The highest BCUT2D eigenvalue weighted by atomic mass is 16.6. The minimum absolute atomic E-state index is 0.195. The fourth-order valence-electron chi connectivity index (χ4n) is 2.76. The molecule has 0 aromatic heterocycles. The van der Waals surface area contributed by atoms with Gasteiger partial charge in [-0.25, -0.2) is 0 Å². The van der Waals surface area contributed by atoms with Gasteiger partial charge in [-0.15, -0.1) is 0 Å². The van der Waals surface area contributed by atoms with E-state index >= 15 is 0 Å². The van der Waals surface area contributed by atoms with Gasteiger partial charge in [-0.2, -0.15) is 0 Å². The van der Waals surface area contributed by atoms with Crippen LogP contribution in [0.15, 0.2) is 54.6 Å². The van der Waals surface area contributed by atoms with Crippen LogP contribution in [-0.4, -0.2) is 17.4 Å². The van der Waals surface area contributed by atoms with Gasteiger partial charge >= 0.3 is 5.97 Å². The summed E-state index contributed by atoms with van der Waals surface area (Å²) in [6, 6.07) is 17.1. The molecule has 1 unspecified atom stereocenters. The number of esters is 1. The Kier molecular flexibility index (Phi) is 6.01. The van der Waals surface area contributed by atoms with Gasteiger partial charge in [0.1, 0.15) is 11.0 Å². The van der Waals surface area contributed by atoms with Crippen LogP contribution in [0.25, 0.3) is 0 Å². The smallest absolute Gasteiger partial charge is 0.320 e. The van der Waals surface area contributed by atoms with Crippen molar-refractivity contribution < 1.29 is 14.3 Å². The molecule has 0 aliphatic heterocycles. The Morgan fingerprint density at radius 1 is 0.885 bits per heavy atom. The van der Waals surface area contributed by atoms with Crippen molar-refractivity contribution in [1.82, 2.24) is 0 Å². The van der Waals surface area contributed by atoms with E-state index in [2.05, 4.69) is 0 Å². The first-order valence-electron chi connectivity index (χ1n) is 9.01. The van der Waals surface area contributed by atoms with Crippen molar-refractivity contribution in [2.45, 2.75) is 53.1 Å². The van der Waals surface area contributed by atoms with E-state index in [1.54, 1.807) is 19.1 Å². The lowest BCUT2D eigenvalue weighted by Crippen LogP contribution is -2.42. The monoisotopic (exact) mass is 352 g/mol. The average molecular weight is 352 g/mol. The van der Waals surface area contributed by atoms with Crippen LogP contribution in [0.2, 0.25) is 0 Å². The minimum atomic E-state index is -1.22. The van der Waals surface area contributed by atoms with Crippen molar-refractivity contribution in [3.05, 3.63) is 71.3 Å². The maximum Gasteiger partial charge on any atom is 0.320 e. The minimum Gasteiger partial charge on any atom is -0.459 e. The zero-order chi connectivity index (χ0) is 19.4. The Morgan fingerprint density at radius 2 is 1.46 bits per heavy atom. The van der Waals surface area contributed by atoms with Crippen LogP contribution in [0.4, 0.5) is 0 Å². The van der Waals surface area contributed by atoms with Crippen LogP contribution in [0.1, 0.15) is 55.6 Å². The maximum absolute atomic E-state index is 13.2. The molecule has 0 aliphatic carbocycles. The Bertz CT molecular complexity index is 754. The third kappa shape index (κ3) is 5.04. The molecule has 0 N–H and O–H groups in total. The van der Waals surface area contributed by atoms with Gasteiger partial charge in [0.15, 0.2) is 5.78 Å². The van der Waals surface area contributed by atoms with E-state index in [-0.39, 0.29) is 5.78 Å². The fraction of sp³-hybridized carbons (Fsp3) is 0.391. The van der Waals surface area contributed by atoms with Crippen LogP contribution in [0.3, 0.4) is 0 Å². The molecule has 1 atom stereocenters. The van der Waals surface area contributed by atoms with Gasteiger partial charge in [-0.1, -0.05) is 60.2 Å². The van der Waals surface area contributed by atoms with Crippen LogP contribution in [0, 0.1) is 12.3 Å². The highest BCUT2D eigenvalue weighted by molar-refractivity contribution is 6.12. The maximum atomic E-state index is 13.2. The second kappa shape index (κ2) is 7.86. The number of ether oxygens (including phenoxy) is 1. The van der Waals surface area contributed by atoms with Gasteiger partial charge in [-0.05, 0) is 53.0 Å². The summed E-state index contributed by atoms with van der Waals surface area (Å²) in [4.78, 5) is 26.1. The van der Waals surface area contributed by atoms with Crippen molar-refractivity contribution in [1.29, 1.82) is 0 Å². The summed E-state index contributed by atoms with van der Waals surface area (Å²) in [6.07, 6.45) is 1.04. The van der Waals surface area contributed by atoms with Crippen LogP contribution >= 0.6 is 0 Å². The highest BCUT2D eigenvalue weighted by Gasteiger charge is 2.44. The van der Waals surface area contributed by atoms with Gasteiger partial charge in [0.2, 0.25) is 0 Å². The Labute approximate surface area is 156 Å². The summed E-state index contributed by atoms with van der Waals surface area (Å²) >= 11 is 0. The summed E-state index contributed by atoms with van der Waals surface area (Å²) in [5.74, 6) is -0.662. The molecule has 26 heavy (non-hydrogen) atoms. The molecule has 2 aromatic carbocycles.